The van der Waals surface area contributed by atoms with Crippen LogP contribution in [0.2, 0.25) is 0 Å². The lowest BCUT2D eigenvalue weighted by atomic mass is 9.96. The Morgan fingerprint density at radius 1 is 1.21 bits per heavy atom. The largest absolute Gasteiger partial charge is 0.466 e. The van der Waals surface area contributed by atoms with Crippen LogP contribution in [0.5, 0.6) is 0 Å². The molecule has 2 aromatic rings. The number of aliphatic imine (C=N–C) groups is 1. The highest BCUT2D eigenvalue weighted by Gasteiger charge is 2.28. The van der Waals surface area contributed by atoms with Crippen LogP contribution in [0.1, 0.15) is 75.0 Å². The van der Waals surface area contributed by atoms with Gasteiger partial charge < -0.3 is 24.7 Å². The first-order chi connectivity index (χ1) is 13.3. The maximum Gasteiger partial charge on any atom is 0.191 e. The summed E-state index contributed by atoms with van der Waals surface area (Å²) in [5.41, 5.74) is 0.688. The van der Waals surface area contributed by atoms with E-state index in [0.29, 0.717) is 31.5 Å². The molecule has 29 heavy (non-hydrogen) atoms. The molecule has 7 nitrogen and oxygen atoms in total. The summed E-state index contributed by atoms with van der Waals surface area (Å²) in [6.45, 7) is 13.2. The highest BCUT2D eigenvalue weighted by molar-refractivity contribution is 14.0. The van der Waals surface area contributed by atoms with Gasteiger partial charge in [0.2, 0.25) is 0 Å². The molecule has 0 radical (unpaired) electrons. The Morgan fingerprint density at radius 3 is 2.45 bits per heavy atom. The average Bonchev–Trinajstić information content (AvgIpc) is 3.25. The summed E-state index contributed by atoms with van der Waals surface area (Å²) in [4.78, 5) is 4.56. The quantitative estimate of drug-likeness (QED) is 0.259. The lowest BCUT2D eigenvalue weighted by Gasteiger charge is -2.24. The third-order valence-electron chi connectivity index (χ3n) is 4.94. The summed E-state index contributed by atoms with van der Waals surface area (Å²) in [6, 6.07) is 3.85. The number of aliphatic hydroxyl groups is 1. The number of nitrogens with one attached hydrogen (secondary N) is 2. The molecule has 1 atom stereocenters. The Labute approximate surface area is 190 Å². The van der Waals surface area contributed by atoms with Crippen molar-refractivity contribution in [2.24, 2.45) is 4.99 Å². The third kappa shape index (κ3) is 7.02. The second kappa shape index (κ2) is 11.6. The Kier molecular flexibility index (Phi) is 10.2. The van der Waals surface area contributed by atoms with Gasteiger partial charge in [-0.1, -0.05) is 19.0 Å². The molecule has 2 rings (SSSR count). The van der Waals surface area contributed by atoms with Crippen LogP contribution in [-0.2, 0) is 12.1 Å². The molecule has 0 aliphatic heterocycles. The molecule has 0 amide bonds. The van der Waals surface area contributed by atoms with Crippen LogP contribution in [0.25, 0.3) is 0 Å². The number of aromatic nitrogens is 1. The minimum absolute atomic E-state index is 0. The van der Waals surface area contributed by atoms with Gasteiger partial charge in [-0.3, -0.25) is 0 Å². The van der Waals surface area contributed by atoms with Crippen LogP contribution >= 0.6 is 24.0 Å². The first kappa shape index (κ1) is 25.5. The first-order valence-corrected chi connectivity index (χ1v) is 10.1. The van der Waals surface area contributed by atoms with E-state index in [1.54, 1.807) is 6.92 Å². The van der Waals surface area contributed by atoms with Crippen molar-refractivity contribution < 1.29 is 14.0 Å². The van der Waals surface area contributed by atoms with Gasteiger partial charge in [0.15, 0.2) is 11.7 Å². The van der Waals surface area contributed by atoms with Crippen molar-refractivity contribution in [1.82, 2.24) is 15.8 Å². The third-order valence-corrected chi connectivity index (χ3v) is 4.94. The molecule has 1 unspecified atom stereocenters. The van der Waals surface area contributed by atoms with Gasteiger partial charge in [0.25, 0.3) is 0 Å². The summed E-state index contributed by atoms with van der Waals surface area (Å²) in [6.07, 6.45) is 2.08. The van der Waals surface area contributed by atoms with Crippen molar-refractivity contribution in [2.75, 3.05) is 13.1 Å². The smallest absolute Gasteiger partial charge is 0.191 e. The summed E-state index contributed by atoms with van der Waals surface area (Å²) < 4.78 is 11.0. The van der Waals surface area contributed by atoms with Crippen molar-refractivity contribution >= 4 is 29.9 Å². The van der Waals surface area contributed by atoms with Crippen LogP contribution in [0.4, 0.5) is 0 Å². The number of guanidine groups is 1. The molecule has 8 heteroatoms. The number of hydrogen-bond donors (Lipinski definition) is 3. The Bertz CT molecular complexity index is 779. The maximum atomic E-state index is 10.9. The van der Waals surface area contributed by atoms with Gasteiger partial charge in [-0.15, -0.1) is 24.0 Å². The van der Waals surface area contributed by atoms with Gasteiger partial charge in [0.05, 0.1) is 12.2 Å². The Balaban J connectivity index is 0.00000420. The standard InChI is InChI=1S/C21H34N4O3.HI/c1-7-16(8-2)19-11-17(28-25-19)12-23-20(22-9-3)24-13-21(6,26)18-10-14(4)27-15(18)5;/h10-11,16,26H,7-9,12-13H2,1-6H3,(H2,22,23,24);1H. The van der Waals surface area contributed by atoms with E-state index in [4.69, 9.17) is 8.94 Å². The predicted molar refractivity (Wildman–Crippen MR) is 126 cm³/mol. The van der Waals surface area contributed by atoms with Gasteiger partial charge in [-0.25, -0.2) is 4.99 Å². The van der Waals surface area contributed by atoms with Gasteiger partial charge in [-0.05, 0) is 46.6 Å². The molecule has 3 N–H and O–H groups in total. The predicted octanol–water partition coefficient (Wildman–Crippen LogP) is 4.37. The molecule has 0 saturated heterocycles. The van der Waals surface area contributed by atoms with Gasteiger partial charge in [-0.2, -0.15) is 0 Å². The number of furan rings is 1. The van der Waals surface area contributed by atoms with Crippen molar-refractivity contribution in [3.8, 4) is 0 Å². The fourth-order valence-corrected chi connectivity index (χ4v) is 3.32. The molecule has 2 aromatic heterocycles. The van der Waals surface area contributed by atoms with Crippen LogP contribution in [0.3, 0.4) is 0 Å². The van der Waals surface area contributed by atoms with Crippen LogP contribution in [-0.4, -0.2) is 29.3 Å². The minimum Gasteiger partial charge on any atom is -0.466 e. The molecule has 0 spiro atoms. The van der Waals surface area contributed by atoms with Crippen molar-refractivity contribution in [3.63, 3.8) is 0 Å². The molecule has 0 fully saturated rings. The lowest BCUT2D eigenvalue weighted by Crippen LogP contribution is -2.44. The zero-order valence-corrected chi connectivity index (χ0v) is 20.7. The van der Waals surface area contributed by atoms with E-state index in [-0.39, 0.29) is 24.0 Å². The fraction of sp³-hybridized carbons (Fsp3) is 0.619. The maximum absolute atomic E-state index is 10.9. The number of hydrogen-bond acceptors (Lipinski definition) is 5. The first-order valence-electron chi connectivity index (χ1n) is 10.1. The highest BCUT2D eigenvalue weighted by Crippen LogP contribution is 2.26. The van der Waals surface area contributed by atoms with E-state index in [0.717, 1.165) is 41.4 Å². The molecule has 2 heterocycles. The fourth-order valence-electron chi connectivity index (χ4n) is 3.32. The molecule has 0 saturated carbocycles. The Morgan fingerprint density at radius 2 is 1.90 bits per heavy atom. The van der Waals surface area contributed by atoms with Gasteiger partial charge in [0, 0.05) is 24.1 Å². The van der Waals surface area contributed by atoms with E-state index in [9.17, 15) is 5.11 Å². The summed E-state index contributed by atoms with van der Waals surface area (Å²) in [5, 5.41) is 21.4. The summed E-state index contributed by atoms with van der Waals surface area (Å²) in [7, 11) is 0. The van der Waals surface area contributed by atoms with E-state index in [2.05, 4.69) is 34.6 Å². The number of nitrogens with zero attached hydrogens (tertiary/aromatic N) is 2. The van der Waals surface area contributed by atoms with E-state index in [1.807, 2.05) is 32.9 Å². The zero-order chi connectivity index (χ0) is 20.7. The molecule has 0 bridgehead atoms. The minimum atomic E-state index is -1.08. The monoisotopic (exact) mass is 518 g/mol. The second-order valence-corrected chi connectivity index (χ2v) is 7.38. The van der Waals surface area contributed by atoms with E-state index >= 15 is 0 Å². The molecule has 0 aliphatic carbocycles. The van der Waals surface area contributed by atoms with E-state index < -0.39 is 5.60 Å². The van der Waals surface area contributed by atoms with E-state index in [1.165, 1.54) is 0 Å². The summed E-state index contributed by atoms with van der Waals surface area (Å²) >= 11 is 0. The second-order valence-electron chi connectivity index (χ2n) is 7.38. The number of halogens is 1. The highest BCUT2D eigenvalue weighted by atomic mass is 127. The van der Waals surface area contributed by atoms with Gasteiger partial charge in [0.1, 0.15) is 23.7 Å². The molecule has 0 aliphatic rings. The van der Waals surface area contributed by atoms with Gasteiger partial charge >= 0.3 is 0 Å². The number of aryl methyl sites for hydroxylation is 2. The van der Waals surface area contributed by atoms with Crippen LogP contribution in [0, 0.1) is 13.8 Å². The lowest BCUT2D eigenvalue weighted by molar-refractivity contribution is 0.0601. The molecule has 164 valence electrons. The zero-order valence-electron chi connectivity index (χ0n) is 18.3. The molecular weight excluding hydrogens is 483 g/mol. The van der Waals surface area contributed by atoms with Crippen molar-refractivity contribution in [2.45, 2.75) is 72.4 Å². The van der Waals surface area contributed by atoms with Crippen molar-refractivity contribution in [3.05, 3.63) is 40.7 Å². The Hall–Kier alpha value is -1.55. The topological polar surface area (TPSA) is 95.8 Å². The molecule has 0 aromatic carbocycles. The number of rotatable bonds is 9. The van der Waals surface area contributed by atoms with Crippen molar-refractivity contribution in [1.29, 1.82) is 0 Å². The summed E-state index contributed by atoms with van der Waals surface area (Å²) in [5.74, 6) is 3.27. The average molecular weight is 518 g/mol. The normalized spacial score (nSPS) is 13.9. The van der Waals surface area contributed by atoms with Crippen LogP contribution < -0.4 is 10.6 Å². The SMILES string of the molecule is CCNC(=NCc1cc(C(CC)CC)no1)NCC(C)(O)c1cc(C)oc1C.I. The molecular formula is C21H35IN4O3. The van der Waals surface area contributed by atoms with Crippen LogP contribution in [0.15, 0.2) is 26.1 Å².